The number of aryl methyl sites for hydroxylation is 1. The lowest BCUT2D eigenvalue weighted by Crippen LogP contribution is -2.32. The molecule has 0 amide bonds. The molecular weight excluding hydrogens is 210 g/mol. The molecule has 0 saturated heterocycles. The second kappa shape index (κ2) is 5.67. The number of nitrogens with zero attached hydrogens (tertiary/aromatic N) is 2. The third kappa shape index (κ3) is 2.71. The van der Waals surface area contributed by atoms with E-state index in [1.165, 1.54) is 18.7 Å². The molecule has 1 aromatic heterocycles. The van der Waals surface area contributed by atoms with Crippen LogP contribution < -0.4 is 5.32 Å². The van der Waals surface area contributed by atoms with Crippen molar-refractivity contribution in [1.82, 2.24) is 14.9 Å². The van der Waals surface area contributed by atoms with Crippen molar-refractivity contribution in [3.8, 4) is 0 Å². The standard InChI is InChI=1S/C14H25N3/c1-4-15-13-7-6-12(11(13)3)10-14-16-8-9-17(14)5-2/h8-9,11-13,15H,4-7,10H2,1-3H3. The van der Waals surface area contributed by atoms with Crippen LogP contribution in [0.1, 0.15) is 39.4 Å². The molecule has 1 aliphatic carbocycles. The zero-order valence-corrected chi connectivity index (χ0v) is 11.3. The van der Waals surface area contributed by atoms with Crippen molar-refractivity contribution < 1.29 is 0 Å². The summed E-state index contributed by atoms with van der Waals surface area (Å²) < 4.78 is 2.27. The van der Waals surface area contributed by atoms with Gasteiger partial charge < -0.3 is 9.88 Å². The summed E-state index contributed by atoms with van der Waals surface area (Å²) >= 11 is 0. The summed E-state index contributed by atoms with van der Waals surface area (Å²) in [6.07, 6.45) is 7.84. The van der Waals surface area contributed by atoms with Gasteiger partial charge in [0.15, 0.2) is 0 Å². The van der Waals surface area contributed by atoms with Crippen molar-refractivity contribution >= 4 is 0 Å². The SMILES string of the molecule is CCNC1CCC(Cc2nccn2CC)C1C. The average molecular weight is 235 g/mol. The molecule has 17 heavy (non-hydrogen) atoms. The molecule has 0 bridgehead atoms. The summed E-state index contributed by atoms with van der Waals surface area (Å²) in [5, 5.41) is 3.61. The third-order valence-corrected chi connectivity index (χ3v) is 4.28. The maximum absolute atomic E-state index is 4.50. The molecule has 96 valence electrons. The summed E-state index contributed by atoms with van der Waals surface area (Å²) in [5.74, 6) is 2.84. The van der Waals surface area contributed by atoms with Gasteiger partial charge in [0, 0.05) is 31.4 Å². The monoisotopic (exact) mass is 235 g/mol. The first-order chi connectivity index (χ1) is 8.26. The van der Waals surface area contributed by atoms with Gasteiger partial charge in [-0.2, -0.15) is 0 Å². The Morgan fingerprint density at radius 2 is 2.24 bits per heavy atom. The van der Waals surface area contributed by atoms with Crippen molar-refractivity contribution in [2.75, 3.05) is 6.54 Å². The maximum Gasteiger partial charge on any atom is 0.108 e. The van der Waals surface area contributed by atoms with Gasteiger partial charge in [-0.05, 0) is 38.1 Å². The van der Waals surface area contributed by atoms with Crippen LogP contribution in [0.15, 0.2) is 12.4 Å². The van der Waals surface area contributed by atoms with Crippen LogP contribution in [0.3, 0.4) is 0 Å². The summed E-state index contributed by atoms with van der Waals surface area (Å²) in [7, 11) is 0. The topological polar surface area (TPSA) is 29.9 Å². The van der Waals surface area contributed by atoms with Gasteiger partial charge >= 0.3 is 0 Å². The van der Waals surface area contributed by atoms with Gasteiger partial charge in [-0.25, -0.2) is 4.98 Å². The summed E-state index contributed by atoms with van der Waals surface area (Å²) in [6, 6.07) is 0.718. The van der Waals surface area contributed by atoms with E-state index in [1.54, 1.807) is 0 Å². The molecule has 1 saturated carbocycles. The Balaban J connectivity index is 1.96. The fraction of sp³-hybridized carbons (Fsp3) is 0.786. The third-order valence-electron chi connectivity index (χ3n) is 4.28. The minimum Gasteiger partial charge on any atom is -0.335 e. The van der Waals surface area contributed by atoms with Crippen LogP contribution in [-0.2, 0) is 13.0 Å². The van der Waals surface area contributed by atoms with Crippen LogP contribution in [-0.4, -0.2) is 22.1 Å². The van der Waals surface area contributed by atoms with E-state index >= 15 is 0 Å². The molecule has 0 aromatic carbocycles. The predicted octanol–water partition coefficient (Wildman–Crippen LogP) is 2.47. The van der Waals surface area contributed by atoms with Gasteiger partial charge in [0.1, 0.15) is 5.82 Å². The molecule has 3 unspecified atom stereocenters. The van der Waals surface area contributed by atoms with E-state index in [0.29, 0.717) is 0 Å². The lowest BCUT2D eigenvalue weighted by molar-refractivity contribution is 0.348. The van der Waals surface area contributed by atoms with Crippen LogP contribution in [0.5, 0.6) is 0 Å². The Morgan fingerprint density at radius 3 is 2.94 bits per heavy atom. The molecule has 3 nitrogen and oxygen atoms in total. The predicted molar refractivity (Wildman–Crippen MR) is 71.0 cm³/mol. The molecule has 1 heterocycles. The minimum absolute atomic E-state index is 0.718. The number of aromatic nitrogens is 2. The van der Waals surface area contributed by atoms with E-state index < -0.39 is 0 Å². The fourth-order valence-electron chi connectivity index (χ4n) is 3.14. The maximum atomic E-state index is 4.50. The van der Waals surface area contributed by atoms with Crippen LogP contribution in [0.4, 0.5) is 0 Å². The first kappa shape index (κ1) is 12.6. The molecule has 0 radical (unpaired) electrons. The van der Waals surface area contributed by atoms with Gasteiger partial charge in [-0.15, -0.1) is 0 Å². The van der Waals surface area contributed by atoms with E-state index in [0.717, 1.165) is 37.4 Å². The van der Waals surface area contributed by atoms with Gasteiger partial charge in [-0.1, -0.05) is 13.8 Å². The largest absolute Gasteiger partial charge is 0.335 e. The molecule has 1 aliphatic rings. The Bertz CT molecular complexity index is 345. The van der Waals surface area contributed by atoms with Gasteiger partial charge in [0.2, 0.25) is 0 Å². The second-order valence-corrected chi connectivity index (χ2v) is 5.19. The molecule has 0 aliphatic heterocycles. The van der Waals surface area contributed by atoms with E-state index in [9.17, 15) is 0 Å². The molecule has 0 spiro atoms. The van der Waals surface area contributed by atoms with Crippen molar-refractivity contribution in [3.63, 3.8) is 0 Å². The number of hydrogen-bond acceptors (Lipinski definition) is 2. The highest BCUT2D eigenvalue weighted by atomic mass is 15.1. The molecule has 1 aromatic rings. The molecule has 3 atom stereocenters. The van der Waals surface area contributed by atoms with Gasteiger partial charge in [0.25, 0.3) is 0 Å². The fourth-order valence-corrected chi connectivity index (χ4v) is 3.14. The molecular formula is C14H25N3. The van der Waals surface area contributed by atoms with Crippen LogP contribution >= 0.6 is 0 Å². The average Bonchev–Trinajstić information content (AvgIpc) is 2.91. The van der Waals surface area contributed by atoms with E-state index in [-0.39, 0.29) is 0 Å². The van der Waals surface area contributed by atoms with Crippen molar-refractivity contribution in [2.24, 2.45) is 11.8 Å². The lowest BCUT2D eigenvalue weighted by Gasteiger charge is -2.21. The number of nitrogens with one attached hydrogen (secondary N) is 1. The number of hydrogen-bond donors (Lipinski definition) is 1. The van der Waals surface area contributed by atoms with Crippen LogP contribution in [0.2, 0.25) is 0 Å². The quantitative estimate of drug-likeness (QED) is 0.849. The van der Waals surface area contributed by atoms with Crippen LogP contribution in [0.25, 0.3) is 0 Å². The summed E-state index contributed by atoms with van der Waals surface area (Å²) in [4.78, 5) is 4.50. The second-order valence-electron chi connectivity index (χ2n) is 5.19. The Morgan fingerprint density at radius 1 is 1.41 bits per heavy atom. The van der Waals surface area contributed by atoms with Crippen molar-refractivity contribution in [3.05, 3.63) is 18.2 Å². The number of rotatable bonds is 5. The van der Waals surface area contributed by atoms with Crippen molar-refractivity contribution in [2.45, 2.75) is 52.6 Å². The molecule has 2 rings (SSSR count). The summed E-state index contributed by atoms with van der Waals surface area (Å²) in [6.45, 7) is 8.90. The van der Waals surface area contributed by atoms with E-state index in [1.807, 2.05) is 6.20 Å². The number of imidazole rings is 1. The Kier molecular flexibility index (Phi) is 4.21. The lowest BCUT2D eigenvalue weighted by atomic mass is 9.92. The highest BCUT2D eigenvalue weighted by molar-refractivity contribution is 4.98. The highest BCUT2D eigenvalue weighted by Crippen LogP contribution is 2.33. The molecule has 1 fully saturated rings. The highest BCUT2D eigenvalue weighted by Gasteiger charge is 2.32. The zero-order valence-electron chi connectivity index (χ0n) is 11.3. The van der Waals surface area contributed by atoms with Crippen molar-refractivity contribution in [1.29, 1.82) is 0 Å². The molecule has 3 heteroatoms. The van der Waals surface area contributed by atoms with E-state index in [2.05, 4.69) is 41.8 Å². The first-order valence-electron chi connectivity index (χ1n) is 6.99. The zero-order chi connectivity index (χ0) is 12.3. The normalized spacial score (nSPS) is 28.8. The smallest absolute Gasteiger partial charge is 0.108 e. The van der Waals surface area contributed by atoms with E-state index in [4.69, 9.17) is 0 Å². The Hall–Kier alpha value is -0.830. The molecule has 1 N–H and O–H groups in total. The minimum atomic E-state index is 0.718. The van der Waals surface area contributed by atoms with Gasteiger partial charge in [0.05, 0.1) is 0 Å². The first-order valence-corrected chi connectivity index (χ1v) is 6.99. The van der Waals surface area contributed by atoms with Crippen LogP contribution in [0, 0.1) is 11.8 Å². The Labute approximate surface area is 105 Å². The van der Waals surface area contributed by atoms with Gasteiger partial charge in [-0.3, -0.25) is 0 Å². The summed E-state index contributed by atoms with van der Waals surface area (Å²) in [5.41, 5.74) is 0.